The first-order valence-corrected chi connectivity index (χ1v) is 7.66. The maximum Gasteiger partial charge on any atom is 0.181 e. The van der Waals surface area contributed by atoms with E-state index in [1.54, 1.807) is 42.5 Å². The molecule has 0 saturated heterocycles. The van der Waals surface area contributed by atoms with Gasteiger partial charge in [-0.05, 0) is 41.5 Å². The van der Waals surface area contributed by atoms with Crippen LogP contribution in [0.3, 0.4) is 0 Å². The third-order valence-corrected chi connectivity index (χ3v) is 3.67. The number of allylic oxidation sites excluding steroid dienone is 1. The fourth-order valence-electron chi connectivity index (χ4n) is 2.05. The summed E-state index contributed by atoms with van der Waals surface area (Å²) in [4.78, 5) is 0. The number of hydrogen-bond donors (Lipinski definition) is 0. The highest BCUT2D eigenvalue weighted by molar-refractivity contribution is 6.32. The Kier molecular flexibility index (Phi) is 6.15. The lowest BCUT2D eigenvalue weighted by molar-refractivity contribution is 0.331. The van der Waals surface area contributed by atoms with Crippen molar-refractivity contribution in [3.05, 3.63) is 57.6 Å². The van der Waals surface area contributed by atoms with E-state index in [2.05, 4.69) is 12.0 Å². The van der Waals surface area contributed by atoms with Crippen LogP contribution in [0.25, 0.3) is 11.6 Å². The van der Waals surface area contributed by atoms with Gasteiger partial charge in [0.25, 0.3) is 0 Å². The zero-order valence-corrected chi connectivity index (χ0v) is 14.4. The van der Waals surface area contributed by atoms with Crippen molar-refractivity contribution in [3.8, 4) is 29.9 Å². The van der Waals surface area contributed by atoms with Crippen LogP contribution in [0, 0.1) is 23.7 Å². The highest BCUT2D eigenvalue weighted by atomic mass is 35.5. The predicted molar refractivity (Wildman–Crippen MR) is 97.3 cm³/mol. The van der Waals surface area contributed by atoms with Gasteiger partial charge in [0.1, 0.15) is 6.61 Å². The maximum atomic E-state index is 9.41. The van der Waals surface area contributed by atoms with Crippen molar-refractivity contribution >= 4 is 34.9 Å². The molecule has 0 unspecified atom stereocenters. The van der Waals surface area contributed by atoms with Gasteiger partial charge in [-0.25, -0.2) is 0 Å². The second-order valence-electron chi connectivity index (χ2n) is 4.70. The molecule has 0 N–H and O–H groups in total. The first kappa shape index (κ1) is 17.8. The number of benzene rings is 2. The van der Waals surface area contributed by atoms with Crippen LogP contribution in [0.1, 0.15) is 11.1 Å². The van der Waals surface area contributed by atoms with E-state index in [1.165, 1.54) is 7.11 Å². The average molecular weight is 358 g/mol. The molecule has 0 radical (unpaired) electrons. The van der Waals surface area contributed by atoms with E-state index in [1.807, 2.05) is 0 Å². The van der Waals surface area contributed by atoms with E-state index in [0.29, 0.717) is 32.7 Å². The molecule has 0 aromatic heterocycles. The zero-order chi connectivity index (χ0) is 17.5. The summed E-state index contributed by atoms with van der Waals surface area (Å²) in [6.07, 6.45) is 6.90. The molecule has 0 atom stereocenters. The molecule has 2 aromatic rings. The van der Waals surface area contributed by atoms with Gasteiger partial charge in [-0.3, -0.25) is 0 Å². The molecular formula is C19H13Cl2NO2. The monoisotopic (exact) mass is 357 g/mol. The Labute approximate surface area is 151 Å². The highest BCUT2D eigenvalue weighted by Crippen LogP contribution is 2.37. The molecule has 0 aliphatic carbocycles. The fourth-order valence-corrected chi connectivity index (χ4v) is 2.45. The Morgan fingerprint density at radius 3 is 2.54 bits per heavy atom. The Balaban J connectivity index is 2.44. The number of nitrogens with zero attached hydrogens (tertiary/aromatic N) is 1. The lowest BCUT2D eigenvalue weighted by Crippen LogP contribution is -1.98. The summed E-state index contributed by atoms with van der Waals surface area (Å²) in [5.74, 6) is 3.19. The van der Waals surface area contributed by atoms with E-state index in [0.717, 1.165) is 5.56 Å². The Morgan fingerprint density at radius 1 is 1.25 bits per heavy atom. The maximum absolute atomic E-state index is 9.41. The predicted octanol–water partition coefficient (Wildman–Crippen LogP) is 5.08. The molecule has 0 fully saturated rings. The van der Waals surface area contributed by atoms with Gasteiger partial charge in [-0.2, -0.15) is 5.26 Å². The van der Waals surface area contributed by atoms with E-state index in [9.17, 15) is 5.26 Å². The molecule has 2 aromatic carbocycles. The summed E-state index contributed by atoms with van der Waals surface area (Å²) < 4.78 is 10.7. The quantitative estimate of drug-likeness (QED) is 0.425. The van der Waals surface area contributed by atoms with E-state index < -0.39 is 0 Å². The van der Waals surface area contributed by atoms with Crippen molar-refractivity contribution < 1.29 is 9.47 Å². The molecular weight excluding hydrogens is 345 g/mol. The normalized spacial score (nSPS) is 10.6. The lowest BCUT2D eigenvalue weighted by Gasteiger charge is -2.12. The van der Waals surface area contributed by atoms with Crippen molar-refractivity contribution in [3.63, 3.8) is 0 Å². The topological polar surface area (TPSA) is 42.2 Å². The third kappa shape index (κ3) is 4.24. The summed E-state index contributed by atoms with van der Waals surface area (Å²) in [7, 11) is 1.51. The summed E-state index contributed by atoms with van der Waals surface area (Å²) in [5.41, 5.74) is 1.93. The fraction of sp³-hybridized carbons (Fsp3) is 0.105. The Morgan fingerprint density at radius 2 is 1.96 bits per heavy atom. The molecule has 0 heterocycles. The van der Waals surface area contributed by atoms with Crippen LogP contribution in [0.15, 0.2) is 36.4 Å². The van der Waals surface area contributed by atoms with Crippen molar-refractivity contribution in [2.75, 3.05) is 13.7 Å². The van der Waals surface area contributed by atoms with Crippen molar-refractivity contribution in [1.29, 1.82) is 5.26 Å². The van der Waals surface area contributed by atoms with E-state index in [4.69, 9.17) is 39.1 Å². The van der Waals surface area contributed by atoms with Crippen LogP contribution in [-0.2, 0) is 0 Å². The van der Waals surface area contributed by atoms with Gasteiger partial charge in [-0.1, -0.05) is 41.3 Å². The van der Waals surface area contributed by atoms with Gasteiger partial charge in [-0.15, -0.1) is 6.42 Å². The molecule has 0 spiro atoms. The number of ether oxygens (including phenoxy) is 2. The zero-order valence-electron chi connectivity index (χ0n) is 12.8. The summed E-state index contributed by atoms with van der Waals surface area (Å²) >= 11 is 12.1. The molecule has 0 aliphatic rings. The number of methoxy groups -OCH3 is 1. The lowest BCUT2D eigenvalue weighted by atomic mass is 10.0. The molecule has 120 valence electrons. The minimum absolute atomic E-state index is 0.0828. The van der Waals surface area contributed by atoms with E-state index >= 15 is 0 Å². The van der Waals surface area contributed by atoms with Crippen molar-refractivity contribution in [1.82, 2.24) is 0 Å². The van der Waals surface area contributed by atoms with Crippen molar-refractivity contribution in [2.45, 2.75) is 0 Å². The molecule has 3 nitrogen and oxygen atoms in total. The first-order chi connectivity index (χ1) is 11.6. The van der Waals surface area contributed by atoms with Gasteiger partial charge in [0.15, 0.2) is 11.5 Å². The van der Waals surface area contributed by atoms with Crippen LogP contribution < -0.4 is 9.47 Å². The van der Waals surface area contributed by atoms with E-state index in [-0.39, 0.29) is 6.61 Å². The number of rotatable bonds is 5. The molecule has 0 bridgehead atoms. The molecule has 5 heteroatoms. The minimum atomic E-state index is 0.0828. The molecule has 24 heavy (non-hydrogen) atoms. The largest absolute Gasteiger partial charge is 0.493 e. The molecule has 0 saturated carbocycles. The van der Waals surface area contributed by atoms with Gasteiger partial charge in [0.2, 0.25) is 0 Å². The Bertz CT molecular complexity index is 843. The third-order valence-electron chi connectivity index (χ3n) is 3.14. The number of nitriles is 1. The summed E-state index contributed by atoms with van der Waals surface area (Å²) in [6.45, 7) is 0.0828. The van der Waals surface area contributed by atoms with Gasteiger partial charge in [0, 0.05) is 5.02 Å². The van der Waals surface area contributed by atoms with Crippen LogP contribution >= 0.6 is 23.2 Å². The van der Waals surface area contributed by atoms with Gasteiger partial charge < -0.3 is 9.47 Å². The molecule has 2 rings (SSSR count). The van der Waals surface area contributed by atoms with Gasteiger partial charge >= 0.3 is 0 Å². The van der Waals surface area contributed by atoms with Crippen LogP contribution in [0.5, 0.6) is 11.5 Å². The SMILES string of the molecule is C#CCOc1c(Cl)cc(/C=C(\C#N)c2ccc(Cl)cc2)cc1OC. The summed E-state index contributed by atoms with van der Waals surface area (Å²) in [6, 6.07) is 12.6. The number of terminal acetylenes is 1. The summed E-state index contributed by atoms with van der Waals surface area (Å²) in [5, 5.41) is 10.4. The smallest absolute Gasteiger partial charge is 0.181 e. The number of halogens is 2. The van der Waals surface area contributed by atoms with Crippen LogP contribution in [0.2, 0.25) is 10.0 Å². The molecule has 0 amide bonds. The second kappa shape index (κ2) is 8.31. The second-order valence-corrected chi connectivity index (χ2v) is 5.55. The standard InChI is InChI=1S/C19H13Cl2NO2/c1-3-8-24-19-17(21)10-13(11-18(19)23-2)9-15(12-22)14-4-6-16(20)7-5-14/h1,4-7,9-11H,8H2,2H3/b15-9+. The number of hydrogen-bond acceptors (Lipinski definition) is 3. The van der Waals surface area contributed by atoms with Gasteiger partial charge in [0.05, 0.1) is 23.8 Å². The van der Waals surface area contributed by atoms with Crippen LogP contribution in [-0.4, -0.2) is 13.7 Å². The first-order valence-electron chi connectivity index (χ1n) is 6.90. The highest BCUT2D eigenvalue weighted by Gasteiger charge is 2.12. The van der Waals surface area contributed by atoms with Crippen LogP contribution in [0.4, 0.5) is 0 Å². The Hall–Kier alpha value is -2.59. The van der Waals surface area contributed by atoms with Crippen molar-refractivity contribution in [2.24, 2.45) is 0 Å². The molecule has 0 aliphatic heterocycles. The average Bonchev–Trinajstić information content (AvgIpc) is 2.59. The minimum Gasteiger partial charge on any atom is -0.493 e.